The molecular formula is C110H68N4O8. The molecule has 0 aromatic heterocycles. The number of phenolic OH excluding ortho intramolecular Hbond substituents is 4. The number of aromatic hydroxyl groups is 4. The van der Waals surface area contributed by atoms with Gasteiger partial charge in [0.05, 0.1) is 11.4 Å². The zero-order valence-corrected chi connectivity index (χ0v) is 65.3. The lowest BCUT2D eigenvalue weighted by Gasteiger charge is -2.19. The van der Waals surface area contributed by atoms with Crippen LogP contribution in [0.3, 0.4) is 0 Å². The van der Waals surface area contributed by atoms with Gasteiger partial charge in [-0.1, -0.05) is 267 Å². The molecule has 0 amide bonds. The van der Waals surface area contributed by atoms with Gasteiger partial charge in [-0.15, -0.1) is 0 Å². The zero-order chi connectivity index (χ0) is 81.2. The summed E-state index contributed by atoms with van der Waals surface area (Å²) in [6.07, 6.45) is 6.87. The molecule has 29 rings (SSSR count). The number of aliphatic imine (C=N–C) groups is 4. The Morgan fingerprint density at radius 2 is 0.434 bits per heavy atom. The topological polar surface area (TPSA) is 167 Å². The molecule has 0 saturated carbocycles. The molecular weight excluding hydrogens is 1510 g/mol. The Hall–Kier alpha value is -16.4. The van der Waals surface area contributed by atoms with Crippen molar-refractivity contribution in [3.05, 3.63) is 362 Å². The highest BCUT2D eigenvalue weighted by Gasteiger charge is 2.32. The monoisotopic (exact) mass is 1570 g/mol. The van der Waals surface area contributed by atoms with E-state index in [2.05, 4.69) is 146 Å². The first-order valence-electron chi connectivity index (χ1n) is 40.5. The fourth-order valence-corrected chi connectivity index (χ4v) is 18.4. The van der Waals surface area contributed by atoms with E-state index >= 15 is 0 Å². The van der Waals surface area contributed by atoms with Crippen molar-refractivity contribution in [1.29, 1.82) is 0 Å². The third kappa shape index (κ3) is 11.8. The van der Waals surface area contributed by atoms with E-state index in [9.17, 15) is 20.4 Å². The lowest BCUT2D eigenvalue weighted by Crippen LogP contribution is -2.05. The van der Waals surface area contributed by atoms with Crippen LogP contribution in [-0.4, -0.2) is 58.9 Å². The highest BCUT2D eigenvalue weighted by atomic mass is 16.7. The molecule has 9 aliphatic rings. The first kappa shape index (κ1) is 70.9. The Morgan fingerprint density at radius 3 is 0.713 bits per heavy atom. The number of phenols is 4. The second-order valence-corrected chi connectivity index (χ2v) is 31.1. The Morgan fingerprint density at radius 1 is 0.205 bits per heavy atom. The summed E-state index contributed by atoms with van der Waals surface area (Å²) in [7, 11) is 0. The van der Waals surface area contributed by atoms with E-state index in [4.69, 9.17) is 38.9 Å². The van der Waals surface area contributed by atoms with E-state index in [1.807, 2.05) is 194 Å². The molecule has 0 fully saturated rings. The second kappa shape index (κ2) is 28.7. The van der Waals surface area contributed by atoms with Crippen LogP contribution in [0.25, 0.3) is 175 Å². The molecule has 0 atom stereocenters. The largest absolute Gasteiger partial charge is 0.507 e. The molecule has 122 heavy (non-hydrogen) atoms. The van der Waals surface area contributed by atoms with E-state index in [0.717, 1.165) is 164 Å². The number of nitrogens with zero attached hydrogens (tertiary/aromatic N) is 4. The van der Waals surface area contributed by atoms with Gasteiger partial charge >= 0.3 is 0 Å². The van der Waals surface area contributed by atoms with Crippen LogP contribution in [0.2, 0.25) is 0 Å². The summed E-state index contributed by atoms with van der Waals surface area (Å²) < 4.78 is 27.6. The van der Waals surface area contributed by atoms with Gasteiger partial charge in [-0.25, -0.2) is 0 Å². The number of hydrogen-bond acceptors (Lipinski definition) is 12. The zero-order valence-electron chi connectivity index (χ0n) is 65.3. The standard InChI is InChI=1S/C110H68N4O8/c115-103-77-49-69-17-1-9-25-81(69)95(103)97-83-27-11-7-23-75(83)55-93(105(97)117)113-57-63-33-37-65(38-34-63)89-51-71-19-3-13-29-85(71)99-100-86-30-14-4-20-72(86)52-90(108(100)120-61-119-107(89)99)66-39-35-64(36-40-66)58-114-94-56-76-24-8-12-28-84(76)98(106(94)118)96-82-26-10-2-18-70(82)50-78(104(96)116)60-112-80-47-43-68(44-48-80)92-54-74-22-6-16-32-88(74)102-101-87-31-15-5-21-73(87)53-91(109(101)121-62-122-110(92)102)67-41-45-79(46-42-67)111-59-77/h1-60,115-118H,61-62H2. The summed E-state index contributed by atoms with van der Waals surface area (Å²) in [4.78, 5) is 20.2. The van der Waals surface area contributed by atoms with Crippen molar-refractivity contribution in [3.8, 4) is 135 Å². The van der Waals surface area contributed by atoms with Gasteiger partial charge < -0.3 is 39.4 Å². The fraction of sp³-hybridized carbons (Fsp3) is 0.0182. The van der Waals surface area contributed by atoms with Crippen LogP contribution >= 0.6 is 0 Å². The molecule has 576 valence electrons. The van der Waals surface area contributed by atoms with E-state index in [0.29, 0.717) is 79.1 Å². The molecule has 12 nitrogen and oxygen atoms in total. The number of rotatable bonds is 0. The molecule has 20 aromatic carbocycles. The van der Waals surface area contributed by atoms with Gasteiger partial charge in [-0.05, 0) is 192 Å². The van der Waals surface area contributed by atoms with Crippen molar-refractivity contribution < 1.29 is 39.4 Å². The minimum Gasteiger partial charge on any atom is -0.507 e. The van der Waals surface area contributed by atoms with Gasteiger partial charge in [-0.2, -0.15) is 0 Å². The van der Waals surface area contributed by atoms with Crippen molar-refractivity contribution in [2.75, 3.05) is 13.6 Å². The lowest BCUT2D eigenvalue weighted by atomic mass is 9.86. The van der Waals surface area contributed by atoms with Crippen LogP contribution in [0.1, 0.15) is 22.3 Å². The van der Waals surface area contributed by atoms with Crippen LogP contribution in [0, 0.1) is 0 Å². The van der Waals surface area contributed by atoms with Gasteiger partial charge in [0.15, 0.2) is 0 Å². The van der Waals surface area contributed by atoms with Crippen molar-refractivity contribution in [3.63, 3.8) is 0 Å². The number of fused-ring (bicyclic) bond motifs is 8. The minimum atomic E-state index is -0.0918. The summed E-state index contributed by atoms with van der Waals surface area (Å²) in [5.41, 5.74) is 16.9. The third-order valence-corrected chi connectivity index (χ3v) is 24.1. The van der Waals surface area contributed by atoms with Crippen LogP contribution in [0.5, 0.6) is 46.0 Å². The molecule has 0 unspecified atom stereocenters. The van der Waals surface area contributed by atoms with Gasteiger partial charge in [0, 0.05) is 103 Å². The van der Waals surface area contributed by atoms with Crippen molar-refractivity contribution >= 4 is 134 Å². The maximum atomic E-state index is 12.8. The molecule has 4 N–H and O–H groups in total. The summed E-state index contributed by atoms with van der Waals surface area (Å²) in [5.74, 6) is 2.42. The van der Waals surface area contributed by atoms with Gasteiger partial charge in [0.25, 0.3) is 0 Å². The molecule has 20 aromatic rings. The fourth-order valence-electron chi connectivity index (χ4n) is 18.4. The van der Waals surface area contributed by atoms with Crippen molar-refractivity contribution in [2.24, 2.45) is 20.0 Å². The molecule has 12 heteroatoms. The lowest BCUT2D eigenvalue weighted by molar-refractivity contribution is 0.126. The van der Waals surface area contributed by atoms with E-state index in [-0.39, 0.29) is 36.6 Å². The highest BCUT2D eigenvalue weighted by molar-refractivity contribution is 6.20. The van der Waals surface area contributed by atoms with Gasteiger partial charge in [-0.3, -0.25) is 20.0 Å². The normalized spacial score (nSPS) is 12.8. The summed E-state index contributed by atoms with van der Waals surface area (Å²) in [6.45, 7) is -0.149. The Balaban J connectivity index is 0.687. The molecule has 28 bridgehead atoms. The molecule has 9 aliphatic heterocycles. The smallest absolute Gasteiger partial charge is 0.231 e. The Kier molecular flexibility index (Phi) is 16.7. The maximum Gasteiger partial charge on any atom is 0.231 e. The second-order valence-electron chi connectivity index (χ2n) is 31.1. The first-order valence-corrected chi connectivity index (χ1v) is 40.5. The summed E-state index contributed by atoms with van der Waals surface area (Å²) >= 11 is 0. The number of hydrogen-bond donors (Lipinski definition) is 4. The predicted molar refractivity (Wildman–Crippen MR) is 497 cm³/mol. The van der Waals surface area contributed by atoms with E-state index in [1.54, 1.807) is 24.9 Å². The quantitative estimate of drug-likeness (QED) is 0.116. The van der Waals surface area contributed by atoms with Crippen LogP contribution in [-0.2, 0) is 0 Å². The average Bonchev–Trinajstić information content (AvgIpc) is 1.34. The first-order chi connectivity index (χ1) is 60.1. The van der Waals surface area contributed by atoms with Crippen LogP contribution in [0.4, 0.5) is 22.7 Å². The Labute approximate surface area is 699 Å². The van der Waals surface area contributed by atoms with Crippen LogP contribution in [0.15, 0.2) is 360 Å². The summed E-state index contributed by atoms with van der Waals surface area (Å²) in [5, 5.41) is 65.6. The maximum absolute atomic E-state index is 12.8. The third-order valence-electron chi connectivity index (χ3n) is 24.1. The highest BCUT2D eigenvalue weighted by Crippen LogP contribution is 2.58. The molecule has 0 aliphatic carbocycles. The molecule has 0 radical (unpaired) electrons. The average molecular weight is 1570 g/mol. The van der Waals surface area contributed by atoms with Gasteiger partial charge in [0.2, 0.25) is 13.6 Å². The minimum absolute atomic E-state index is 0.0506. The SMILES string of the molecule is Oc1c2cc3ccccc3c1-c1c(O)c(cc3ccccc13)N=Cc1ccc(cc1)-c1cc3ccccc3c3c1OCOc1c(cc4ccccc4c1-3)-c1ccc(cc1)C=Nc1cc3ccccc3c(c1O)-c1c(O)c(cc3ccccc13)C=Nc1ccc(cc1)-c1cc3ccccc3c3c1OCOc1c(cc4ccccc4c1-3)-c1ccc(cc1)N=C2. The number of benzene rings is 20. The molecule has 0 spiro atoms. The number of ether oxygens (including phenoxy) is 4. The summed E-state index contributed by atoms with van der Waals surface area (Å²) in [6, 6.07) is 114. The predicted octanol–water partition coefficient (Wildman–Crippen LogP) is 27.8. The van der Waals surface area contributed by atoms with E-state index < -0.39 is 0 Å². The molecule has 9 heterocycles. The Bertz CT molecular complexity index is 7030. The van der Waals surface area contributed by atoms with Crippen LogP contribution < -0.4 is 18.9 Å². The van der Waals surface area contributed by atoms with Crippen molar-refractivity contribution in [2.45, 2.75) is 0 Å². The molecule has 0 saturated heterocycles. The van der Waals surface area contributed by atoms with Gasteiger partial charge in [0.1, 0.15) is 57.4 Å². The van der Waals surface area contributed by atoms with Crippen molar-refractivity contribution in [1.82, 2.24) is 0 Å². The van der Waals surface area contributed by atoms with E-state index in [1.165, 1.54) is 0 Å².